The molecule has 9 heteroatoms. The van der Waals surface area contributed by atoms with Crippen molar-refractivity contribution >= 4 is 24.8 Å². The van der Waals surface area contributed by atoms with Gasteiger partial charge in [-0.15, -0.1) is 0 Å². The number of carbonyl (C=O) groups excluding carboxylic acids is 2. The maximum absolute atomic E-state index is 12.3. The van der Waals surface area contributed by atoms with E-state index in [0.717, 1.165) is 17.9 Å². The highest BCUT2D eigenvalue weighted by atomic mass is 16.4. The van der Waals surface area contributed by atoms with Crippen LogP contribution in [0.3, 0.4) is 0 Å². The van der Waals surface area contributed by atoms with Gasteiger partial charge in [0.25, 0.3) is 0 Å². The summed E-state index contributed by atoms with van der Waals surface area (Å²) in [5.74, 6) is -0.499. The smallest absolute Gasteiger partial charge is 0.426 e. The predicted molar refractivity (Wildman–Crippen MR) is 99.3 cm³/mol. The Morgan fingerprint density at radius 2 is 2.12 bits per heavy atom. The first-order valence-electron chi connectivity index (χ1n) is 8.90. The minimum atomic E-state index is -1.63. The van der Waals surface area contributed by atoms with Gasteiger partial charge >= 0.3 is 7.12 Å². The third-order valence-electron chi connectivity index (χ3n) is 4.37. The molecule has 1 unspecified atom stereocenters. The highest BCUT2D eigenvalue weighted by molar-refractivity contribution is 6.43. The molecule has 0 saturated carbocycles. The molecule has 1 fully saturated rings. The average molecular weight is 362 g/mol. The summed E-state index contributed by atoms with van der Waals surface area (Å²) in [6.07, 6.45) is 2.90. The largest absolute Gasteiger partial charge is 0.475 e. The summed E-state index contributed by atoms with van der Waals surface area (Å²) in [5.41, 5.74) is 1.05. The van der Waals surface area contributed by atoms with Crippen molar-refractivity contribution in [3.63, 3.8) is 0 Å². The number of nitrogens with zero attached hydrogens (tertiary/aromatic N) is 2. The van der Waals surface area contributed by atoms with Crippen LogP contribution in [-0.4, -0.2) is 59.0 Å². The Bertz CT molecular complexity index is 624. The first-order chi connectivity index (χ1) is 12.3. The molecule has 142 valence electrons. The van der Waals surface area contributed by atoms with Crippen molar-refractivity contribution in [1.29, 1.82) is 0 Å². The molecule has 0 bridgehead atoms. The summed E-state index contributed by atoms with van der Waals surface area (Å²) < 4.78 is 0. The molecule has 2 rings (SSSR count). The number of hydrogen-bond acceptors (Lipinski definition) is 6. The van der Waals surface area contributed by atoms with Gasteiger partial charge in [-0.25, -0.2) is 4.98 Å². The molecular weight excluding hydrogens is 335 g/mol. The standard InChI is InChI=1S/C17H27BN4O4/c1-11(2)8-14(18(25)26)21-16(23)10-20-17(24)13-6-7-22(13)15-5-4-12(3)9-19-15/h4-5,9,11,13-14,25-26H,6-8,10H2,1-3H3,(H,20,24)(H,21,23)/t13-,14?/m0/s1. The van der Waals surface area contributed by atoms with E-state index < -0.39 is 19.0 Å². The van der Waals surface area contributed by atoms with E-state index in [1.807, 2.05) is 37.8 Å². The maximum atomic E-state index is 12.3. The highest BCUT2D eigenvalue weighted by Crippen LogP contribution is 2.24. The number of amides is 2. The molecule has 2 atom stereocenters. The first-order valence-corrected chi connectivity index (χ1v) is 8.90. The molecule has 0 radical (unpaired) electrons. The number of pyridine rings is 1. The Morgan fingerprint density at radius 3 is 2.62 bits per heavy atom. The fraction of sp³-hybridized carbons (Fsp3) is 0.588. The van der Waals surface area contributed by atoms with Crippen molar-refractivity contribution in [2.45, 2.75) is 45.6 Å². The molecule has 0 spiro atoms. The highest BCUT2D eigenvalue weighted by Gasteiger charge is 2.35. The Balaban J connectivity index is 1.82. The number of aryl methyl sites for hydroxylation is 1. The van der Waals surface area contributed by atoms with Gasteiger partial charge in [0.15, 0.2) is 0 Å². The van der Waals surface area contributed by atoms with Gasteiger partial charge in [0.2, 0.25) is 11.8 Å². The topological polar surface area (TPSA) is 115 Å². The lowest BCUT2D eigenvalue weighted by molar-refractivity contribution is -0.127. The number of rotatable bonds is 8. The second-order valence-corrected chi connectivity index (χ2v) is 7.13. The van der Waals surface area contributed by atoms with Crippen LogP contribution < -0.4 is 15.5 Å². The SMILES string of the molecule is Cc1ccc(N2CC[C@H]2C(=O)NCC(=O)NC(CC(C)C)B(O)O)nc1. The quantitative estimate of drug-likeness (QED) is 0.469. The fourth-order valence-electron chi connectivity index (χ4n) is 2.87. The number of carbonyl (C=O) groups is 2. The summed E-state index contributed by atoms with van der Waals surface area (Å²) in [5, 5.41) is 23.8. The molecule has 8 nitrogen and oxygen atoms in total. The van der Waals surface area contributed by atoms with Crippen molar-refractivity contribution in [3.05, 3.63) is 23.9 Å². The first kappa shape index (κ1) is 20.2. The summed E-state index contributed by atoms with van der Waals surface area (Å²) >= 11 is 0. The van der Waals surface area contributed by atoms with Gasteiger partial charge in [-0.05, 0) is 37.3 Å². The van der Waals surface area contributed by atoms with Gasteiger partial charge in [-0.2, -0.15) is 0 Å². The fourth-order valence-corrected chi connectivity index (χ4v) is 2.87. The lowest BCUT2D eigenvalue weighted by atomic mass is 9.75. The monoisotopic (exact) mass is 362 g/mol. The molecule has 26 heavy (non-hydrogen) atoms. The minimum absolute atomic E-state index is 0.197. The summed E-state index contributed by atoms with van der Waals surface area (Å²) in [7, 11) is -1.63. The van der Waals surface area contributed by atoms with E-state index in [1.165, 1.54) is 0 Å². The number of aromatic nitrogens is 1. The van der Waals surface area contributed by atoms with Crippen molar-refractivity contribution in [3.8, 4) is 0 Å². The van der Waals surface area contributed by atoms with Crippen LogP contribution >= 0.6 is 0 Å². The van der Waals surface area contributed by atoms with E-state index in [4.69, 9.17) is 0 Å². The van der Waals surface area contributed by atoms with Gasteiger partial charge < -0.3 is 25.6 Å². The van der Waals surface area contributed by atoms with Crippen molar-refractivity contribution in [2.24, 2.45) is 5.92 Å². The zero-order valence-electron chi connectivity index (χ0n) is 15.5. The number of hydrogen-bond donors (Lipinski definition) is 4. The molecule has 1 saturated heterocycles. The maximum Gasteiger partial charge on any atom is 0.475 e. The van der Waals surface area contributed by atoms with E-state index in [1.54, 1.807) is 6.20 Å². The molecule has 1 aliphatic heterocycles. The summed E-state index contributed by atoms with van der Waals surface area (Å²) in [6, 6.07) is 3.48. The van der Waals surface area contributed by atoms with Crippen LogP contribution in [0.2, 0.25) is 0 Å². The van der Waals surface area contributed by atoms with Crippen molar-refractivity contribution < 1.29 is 19.6 Å². The summed E-state index contributed by atoms with van der Waals surface area (Å²) in [6.45, 7) is 6.34. The van der Waals surface area contributed by atoms with E-state index in [2.05, 4.69) is 15.6 Å². The Kier molecular flexibility index (Phi) is 6.99. The van der Waals surface area contributed by atoms with Crippen LogP contribution in [0.4, 0.5) is 5.82 Å². The van der Waals surface area contributed by atoms with Gasteiger partial charge in [-0.1, -0.05) is 19.9 Å². The van der Waals surface area contributed by atoms with Crippen LogP contribution in [0, 0.1) is 12.8 Å². The average Bonchev–Trinajstić information content (AvgIpc) is 2.53. The second kappa shape index (κ2) is 9.00. The van der Waals surface area contributed by atoms with Crippen LogP contribution in [0.25, 0.3) is 0 Å². The third kappa shape index (κ3) is 5.44. The molecule has 1 aromatic heterocycles. The third-order valence-corrected chi connectivity index (χ3v) is 4.37. The molecule has 0 aromatic carbocycles. The molecule has 1 aliphatic rings. The Morgan fingerprint density at radius 1 is 1.38 bits per heavy atom. The summed E-state index contributed by atoms with van der Waals surface area (Å²) in [4.78, 5) is 30.5. The van der Waals surface area contributed by atoms with E-state index in [9.17, 15) is 19.6 Å². The number of nitrogens with one attached hydrogen (secondary N) is 2. The number of anilines is 1. The molecule has 2 heterocycles. The van der Waals surface area contributed by atoms with E-state index in [-0.39, 0.29) is 24.4 Å². The van der Waals surface area contributed by atoms with Crippen molar-refractivity contribution in [2.75, 3.05) is 18.0 Å². The molecule has 2 amide bonds. The van der Waals surface area contributed by atoms with Crippen LogP contribution in [0.1, 0.15) is 32.3 Å². The molecule has 0 aliphatic carbocycles. The van der Waals surface area contributed by atoms with Crippen LogP contribution in [-0.2, 0) is 9.59 Å². The van der Waals surface area contributed by atoms with E-state index in [0.29, 0.717) is 12.8 Å². The molecule has 1 aromatic rings. The Labute approximate surface area is 154 Å². The van der Waals surface area contributed by atoms with Gasteiger partial charge in [-0.3, -0.25) is 9.59 Å². The minimum Gasteiger partial charge on any atom is -0.426 e. The normalized spacial score (nSPS) is 17.5. The van der Waals surface area contributed by atoms with Crippen molar-refractivity contribution in [1.82, 2.24) is 15.6 Å². The Hall–Kier alpha value is -2.13. The lowest BCUT2D eigenvalue weighted by Gasteiger charge is -2.40. The molecule has 4 N–H and O–H groups in total. The zero-order valence-corrected chi connectivity index (χ0v) is 15.5. The predicted octanol–water partition coefficient (Wildman–Crippen LogP) is -0.372. The lowest BCUT2D eigenvalue weighted by Crippen LogP contribution is -2.58. The van der Waals surface area contributed by atoms with Gasteiger partial charge in [0.1, 0.15) is 11.9 Å². The van der Waals surface area contributed by atoms with Crippen LogP contribution in [0.5, 0.6) is 0 Å². The zero-order chi connectivity index (χ0) is 19.3. The second-order valence-electron chi connectivity index (χ2n) is 7.13. The molecular formula is C17H27BN4O4. The van der Waals surface area contributed by atoms with Gasteiger partial charge in [0, 0.05) is 12.7 Å². The van der Waals surface area contributed by atoms with Crippen LogP contribution in [0.15, 0.2) is 18.3 Å². The van der Waals surface area contributed by atoms with E-state index >= 15 is 0 Å². The van der Waals surface area contributed by atoms with Gasteiger partial charge in [0.05, 0.1) is 12.5 Å².